The Kier molecular flexibility index (Phi) is 5.07. The molecule has 6 nitrogen and oxygen atoms in total. The highest BCUT2D eigenvalue weighted by atomic mass is 19.2. The van der Waals surface area contributed by atoms with Gasteiger partial charge in [-0.05, 0) is 37.3 Å². The number of para-hydroxylation sites is 1. The van der Waals surface area contributed by atoms with Crippen molar-refractivity contribution in [3.8, 4) is 0 Å². The van der Waals surface area contributed by atoms with Crippen LogP contribution in [-0.4, -0.2) is 27.4 Å². The van der Waals surface area contributed by atoms with Crippen molar-refractivity contribution in [2.24, 2.45) is 0 Å². The molecule has 0 amide bonds. The maximum Gasteiger partial charge on any atom is 0.326 e. The number of fused-ring (bicyclic) bond motifs is 1. The molecule has 0 saturated carbocycles. The lowest BCUT2D eigenvalue weighted by Crippen LogP contribution is -2.30. The number of carbonyl (C=O) groups is 2. The number of esters is 1. The molecule has 3 rings (SSSR count). The highest BCUT2D eigenvalue weighted by Gasteiger charge is 2.21. The number of ketones is 1. The predicted octanol–water partition coefficient (Wildman–Crippen LogP) is 2.49. The van der Waals surface area contributed by atoms with Crippen molar-refractivity contribution in [3.05, 3.63) is 76.3 Å². The molecule has 27 heavy (non-hydrogen) atoms. The summed E-state index contributed by atoms with van der Waals surface area (Å²) in [6.45, 7) is 0.870. The molecule has 138 valence electrons. The summed E-state index contributed by atoms with van der Waals surface area (Å²) in [7, 11) is 0. The van der Waals surface area contributed by atoms with Gasteiger partial charge >= 0.3 is 5.97 Å². The van der Waals surface area contributed by atoms with E-state index in [1.54, 1.807) is 24.3 Å². The summed E-state index contributed by atoms with van der Waals surface area (Å²) in [6, 6.07) is 9.32. The summed E-state index contributed by atoms with van der Waals surface area (Å²) in [5.74, 6) is -3.78. The molecule has 0 fully saturated rings. The highest BCUT2D eigenvalue weighted by Crippen LogP contribution is 2.12. The number of halogens is 2. The molecule has 1 atom stereocenters. The zero-order valence-corrected chi connectivity index (χ0v) is 14.2. The lowest BCUT2D eigenvalue weighted by molar-refractivity contribution is -0.147. The summed E-state index contributed by atoms with van der Waals surface area (Å²) >= 11 is 0. The van der Waals surface area contributed by atoms with Gasteiger partial charge in [-0.25, -0.2) is 13.8 Å². The van der Waals surface area contributed by atoms with Gasteiger partial charge in [0.05, 0.1) is 17.2 Å². The topological polar surface area (TPSA) is 78.3 Å². The third kappa shape index (κ3) is 3.89. The molecule has 0 aliphatic carbocycles. The van der Waals surface area contributed by atoms with Crippen LogP contribution in [-0.2, 0) is 16.1 Å². The smallest absolute Gasteiger partial charge is 0.326 e. The van der Waals surface area contributed by atoms with E-state index in [2.05, 4.69) is 4.98 Å². The van der Waals surface area contributed by atoms with Crippen LogP contribution in [0.5, 0.6) is 0 Å². The van der Waals surface area contributed by atoms with Gasteiger partial charge in [0.2, 0.25) is 5.78 Å². The maximum atomic E-state index is 13.2. The van der Waals surface area contributed by atoms with Gasteiger partial charge in [-0.3, -0.25) is 19.0 Å². The van der Waals surface area contributed by atoms with Crippen LogP contribution in [0.3, 0.4) is 0 Å². The first kappa shape index (κ1) is 18.4. The Morgan fingerprint density at radius 3 is 2.63 bits per heavy atom. The second kappa shape index (κ2) is 7.45. The van der Waals surface area contributed by atoms with Gasteiger partial charge in [-0.1, -0.05) is 12.1 Å². The fourth-order valence-corrected chi connectivity index (χ4v) is 2.53. The van der Waals surface area contributed by atoms with E-state index < -0.39 is 41.6 Å². The number of carbonyl (C=O) groups excluding carboxylic acids is 2. The van der Waals surface area contributed by atoms with Crippen molar-refractivity contribution in [1.29, 1.82) is 0 Å². The van der Waals surface area contributed by atoms with Crippen LogP contribution in [0.2, 0.25) is 0 Å². The molecule has 0 unspecified atom stereocenters. The van der Waals surface area contributed by atoms with E-state index in [0.29, 0.717) is 10.9 Å². The molecule has 0 bridgehead atoms. The molecule has 0 radical (unpaired) electrons. The third-order valence-corrected chi connectivity index (χ3v) is 3.91. The van der Waals surface area contributed by atoms with Crippen LogP contribution in [0.4, 0.5) is 8.78 Å². The second-order valence-corrected chi connectivity index (χ2v) is 5.82. The van der Waals surface area contributed by atoms with Crippen LogP contribution < -0.4 is 5.56 Å². The standard InChI is InChI=1S/C19H14F2N2O4/c1-11(18(25)12-6-7-14(20)15(21)8-12)27-17(24)9-23-10-22-16-5-3-2-4-13(16)19(23)26/h2-8,10-11H,9H2,1H3/t11-/m0/s1. The van der Waals surface area contributed by atoms with Crippen LogP contribution in [0.15, 0.2) is 53.6 Å². The fourth-order valence-electron chi connectivity index (χ4n) is 2.53. The molecule has 0 aliphatic heterocycles. The Hall–Kier alpha value is -3.42. The predicted molar refractivity (Wildman–Crippen MR) is 92.2 cm³/mol. The lowest BCUT2D eigenvalue weighted by atomic mass is 10.1. The number of rotatable bonds is 5. The molecule has 2 aromatic carbocycles. The van der Waals surface area contributed by atoms with Crippen LogP contribution in [0.25, 0.3) is 10.9 Å². The maximum absolute atomic E-state index is 13.2. The minimum Gasteiger partial charge on any atom is -0.453 e. The summed E-state index contributed by atoms with van der Waals surface area (Å²) in [6.07, 6.45) is -0.0141. The normalized spacial score (nSPS) is 12.0. The molecule has 3 aromatic rings. The fraction of sp³-hybridized carbons (Fsp3) is 0.158. The molecule has 1 heterocycles. The average Bonchev–Trinajstić information content (AvgIpc) is 2.65. The van der Waals surface area contributed by atoms with Crippen molar-refractivity contribution >= 4 is 22.7 Å². The first-order valence-corrected chi connectivity index (χ1v) is 7.99. The summed E-state index contributed by atoms with van der Waals surface area (Å²) < 4.78 is 32.3. The first-order chi connectivity index (χ1) is 12.9. The highest BCUT2D eigenvalue weighted by molar-refractivity contribution is 6.00. The Morgan fingerprint density at radius 1 is 1.15 bits per heavy atom. The zero-order chi connectivity index (χ0) is 19.6. The van der Waals surface area contributed by atoms with E-state index in [9.17, 15) is 23.2 Å². The second-order valence-electron chi connectivity index (χ2n) is 5.82. The van der Waals surface area contributed by atoms with Gasteiger partial charge in [0.25, 0.3) is 5.56 Å². The Morgan fingerprint density at radius 2 is 1.89 bits per heavy atom. The van der Waals surface area contributed by atoms with Crippen LogP contribution in [0.1, 0.15) is 17.3 Å². The van der Waals surface area contributed by atoms with Gasteiger partial charge in [0, 0.05) is 5.56 Å². The SMILES string of the molecule is C[C@H](OC(=O)Cn1cnc2ccccc2c1=O)C(=O)c1ccc(F)c(F)c1. The van der Waals surface area contributed by atoms with E-state index >= 15 is 0 Å². The number of Topliss-reactive ketones (excluding diaryl/α,β-unsaturated/α-hetero) is 1. The van der Waals surface area contributed by atoms with E-state index in [4.69, 9.17) is 4.74 Å². The van der Waals surface area contributed by atoms with Gasteiger partial charge in [-0.15, -0.1) is 0 Å². The van der Waals surface area contributed by atoms with E-state index in [-0.39, 0.29) is 5.56 Å². The summed E-state index contributed by atoms with van der Waals surface area (Å²) in [5, 5.41) is 0.346. The molecule has 8 heteroatoms. The molecule has 0 N–H and O–H groups in total. The molecule has 0 spiro atoms. The Labute approximate surface area is 152 Å². The average molecular weight is 372 g/mol. The number of aromatic nitrogens is 2. The van der Waals surface area contributed by atoms with Crippen molar-refractivity contribution in [3.63, 3.8) is 0 Å². The van der Waals surface area contributed by atoms with Crippen molar-refractivity contribution in [2.75, 3.05) is 0 Å². The molecule has 1 aromatic heterocycles. The molecular formula is C19H14F2N2O4. The molecule has 0 saturated heterocycles. The quantitative estimate of drug-likeness (QED) is 0.508. The number of benzene rings is 2. The monoisotopic (exact) mass is 372 g/mol. The van der Waals surface area contributed by atoms with E-state index in [0.717, 1.165) is 22.8 Å². The lowest BCUT2D eigenvalue weighted by Gasteiger charge is -2.13. The number of ether oxygens (including phenoxy) is 1. The van der Waals surface area contributed by atoms with Gasteiger partial charge in [0.1, 0.15) is 6.54 Å². The number of nitrogens with zero attached hydrogens (tertiary/aromatic N) is 2. The minimum atomic E-state index is -1.23. The van der Waals surface area contributed by atoms with Crippen LogP contribution in [0, 0.1) is 11.6 Å². The van der Waals surface area contributed by atoms with Crippen LogP contribution >= 0.6 is 0 Å². The largest absolute Gasteiger partial charge is 0.453 e. The van der Waals surface area contributed by atoms with Gasteiger partial charge in [-0.2, -0.15) is 0 Å². The summed E-state index contributed by atoms with van der Waals surface area (Å²) in [5.41, 5.74) is -0.0510. The Bertz CT molecular complexity index is 1090. The van der Waals surface area contributed by atoms with Crippen molar-refractivity contribution < 1.29 is 23.1 Å². The van der Waals surface area contributed by atoms with Crippen molar-refractivity contribution in [2.45, 2.75) is 19.6 Å². The summed E-state index contributed by atoms with van der Waals surface area (Å²) in [4.78, 5) is 40.7. The van der Waals surface area contributed by atoms with E-state index in [1.807, 2.05) is 0 Å². The van der Waals surface area contributed by atoms with E-state index in [1.165, 1.54) is 13.3 Å². The molecular weight excluding hydrogens is 358 g/mol. The van der Waals surface area contributed by atoms with Gasteiger partial charge in [0.15, 0.2) is 17.7 Å². The third-order valence-electron chi connectivity index (χ3n) is 3.91. The number of hydrogen-bond acceptors (Lipinski definition) is 5. The zero-order valence-electron chi connectivity index (χ0n) is 14.2. The Balaban J connectivity index is 1.72. The molecule has 0 aliphatic rings. The van der Waals surface area contributed by atoms with Gasteiger partial charge < -0.3 is 4.74 Å². The minimum absolute atomic E-state index is 0.126. The number of hydrogen-bond donors (Lipinski definition) is 0. The van der Waals surface area contributed by atoms with Crippen molar-refractivity contribution in [1.82, 2.24) is 9.55 Å². The first-order valence-electron chi connectivity index (χ1n) is 7.99.